The van der Waals surface area contributed by atoms with E-state index in [-0.39, 0.29) is 11.4 Å². The average molecular weight is 310 g/mol. The maximum atomic E-state index is 11.9. The number of amides is 1. The highest BCUT2D eigenvalue weighted by Crippen LogP contribution is 2.25. The standard InChI is InChI=1S/C16H24ClN3O/c1-16(2,3)18-15(21)12-19-8-10-20(11-9-19)14-7-5-4-6-13(14)17/h4-7H,8-12H2,1-3H3,(H,18,21). The third kappa shape index (κ3) is 4.90. The van der Waals surface area contributed by atoms with Crippen LogP contribution in [0.1, 0.15) is 20.8 Å². The van der Waals surface area contributed by atoms with Crippen molar-refractivity contribution in [3.05, 3.63) is 29.3 Å². The highest BCUT2D eigenvalue weighted by molar-refractivity contribution is 6.33. The number of carbonyl (C=O) groups is 1. The first-order valence-electron chi connectivity index (χ1n) is 7.38. The molecule has 1 fully saturated rings. The monoisotopic (exact) mass is 309 g/mol. The first-order valence-corrected chi connectivity index (χ1v) is 7.76. The summed E-state index contributed by atoms with van der Waals surface area (Å²) >= 11 is 6.23. The number of rotatable bonds is 3. The minimum absolute atomic E-state index is 0.0914. The van der Waals surface area contributed by atoms with E-state index in [1.165, 1.54) is 0 Å². The van der Waals surface area contributed by atoms with Crippen molar-refractivity contribution >= 4 is 23.2 Å². The molecule has 0 bridgehead atoms. The van der Waals surface area contributed by atoms with E-state index in [2.05, 4.69) is 15.1 Å². The van der Waals surface area contributed by atoms with Gasteiger partial charge in [0.15, 0.2) is 0 Å². The molecule has 0 radical (unpaired) electrons. The van der Waals surface area contributed by atoms with Crippen LogP contribution in [-0.4, -0.2) is 49.1 Å². The van der Waals surface area contributed by atoms with Crippen molar-refractivity contribution in [1.82, 2.24) is 10.2 Å². The number of nitrogens with one attached hydrogen (secondary N) is 1. The van der Waals surface area contributed by atoms with Gasteiger partial charge >= 0.3 is 0 Å². The molecule has 1 amide bonds. The van der Waals surface area contributed by atoms with E-state index in [0.29, 0.717) is 6.54 Å². The highest BCUT2D eigenvalue weighted by Gasteiger charge is 2.22. The molecule has 0 unspecified atom stereocenters. The normalized spacial score (nSPS) is 16.9. The maximum Gasteiger partial charge on any atom is 0.234 e. The van der Waals surface area contributed by atoms with Gasteiger partial charge in [0, 0.05) is 31.7 Å². The van der Waals surface area contributed by atoms with Gasteiger partial charge in [0.25, 0.3) is 0 Å². The summed E-state index contributed by atoms with van der Waals surface area (Å²) in [6.45, 7) is 10.0. The summed E-state index contributed by atoms with van der Waals surface area (Å²) in [4.78, 5) is 16.4. The SMILES string of the molecule is CC(C)(C)NC(=O)CN1CCN(c2ccccc2Cl)CC1. The average Bonchev–Trinajstić information content (AvgIpc) is 2.38. The molecule has 4 nitrogen and oxygen atoms in total. The summed E-state index contributed by atoms with van der Waals surface area (Å²) in [6.07, 6.45) is 0. The minimum atomic E-state index is -0.170. The summed E-state index contributed by atoms with van der Waals surface area (Å²) in [5.74, 6) is 0.0914. The first kappa shape index (κ1) is 16.1. The molecule has 0 saturated carbocycles. The summed E-state index contributed by atoms with van der Waals surface area (Å²) in [5.41, 5.74) is 0.911. The fraction of sp³-hybridized carbons (Fsp3) is 0.562. The smallest absolute Gasteiger partial charge is 0.234 e. The van der Waals surface area contributed by atoms with Gasteiger partial charge in [-0.2, -0.15) is 0 Å². The van der Waals surface area contributed by atoms with Gasteiger partial charge in [-0.1, -0.05) is 23.7 Å². The lowest BCUT2D eigenvalue weighted by Gasteiger charge is -2.36. The molecule has 1 aliphatic rings. The lowest BCUT2D eigenvalue weighted by atomic mass is 10.1. The third-order valence-corrected chi connectivity index (χ3v) is 3.77. The van der Waals surface area contributed by atoms with Crippen LogP contribution in [0.15, 0.2) is 24.3 Å². The van der Waals surface area contributed by atoms with E-state index >= 15 is 0 Å². The summed E-state index contributed by atoms with van der Waals surface area (Å²) in [6, 6.07) is 7.91. The molecule has 116 valence electrons. The quantitative estimate of drug-likeness (QED) is 0.931. The third-order valence-electron chi connectivity index (χ3n) is 3.45. The molecule has 1 aliphatic heterocycles. The topological polar surface area (TPSA) is 35.6 Å². The number of hydrogen-bond acceptors (Lipinski definition) is 3. The molecule has 1 heterocycles. The molecule has 1 aromatic rings. The van der Waals surface area contributed by atoms with Crippen molar-refractivity contribution in [2.75, 3.05) is 37.6 Å². The predicted octanol–water partition coefficient (Wildman–Crippen LogP) is 2.38. The molecular weight excluding hydrogens is 286 g/mol. The number of nitrogens with zero attached hydrogens (tertiary/aromatic N) is 2. The Kier molecular flexibility index (Phi) is 5.12. The number of anilines is 1. The molecule has 1 saturated heterocycles. The van der Waals surface area contributed by atoms with Crippen molar-refractivity contribution in [2.45, 2.75) is 26.3 Å². The Balaban J connectivity index is 1.84. The van der Waals surface area contributed by atoms with Gasteiger partial charge in [0.2, 0.25) is 5.91 Å². The Hall–Kier alpha value is -1.26. The number of halogens is 1. The van der Waals surface area contributed by atoms with Crippen LogP contribution in [0.5, 0.6) is 0 Å². The highest BCUT2D eigenvalue weighted by atomic mass is 35.5. The first-order chi connectivity index (χ1) is 9.85. The lowest BCUT2D eigenvalue weighted by Crippen LogP contribution is -2.51. The van der Waals surface area contributed by atoms with Gasteiger partial charge in [-0.15, -0.1) is 0 Å². The van der Waals surface area contributed by atoms with Gasteiger partial charge in [-0.05, 0) is 32.9 Å². The van der Waals surface area contributed by atoms with Gasteiger partial charge in [0.1, 0.15) is 0 Å². The molecule has 1 aromatic carbocycles. The summed E-state index contributed by atoms with van der Waals surface area (Å²) in [5, 5.41) is 3.79. The van der Waals surface area contributed by atoms with Gasteiger partial charge < -0.3 is 10.2 Å². The molecule has 0 spiro atoms. The second-order valence-corrected chi connectivity index (χ2v) is 6.92. The van der Waals surface area contributed by atoms with Gasteiger partial charge in [-0.25, -0.2) is 0 Å². The molecule has 5 heteroatoms. The molecule has 0 aromatic heterocycles. The number of carbonyl (C=O) groups excluding carboxylic acids is 1. The van der Waals surface area contributed by atoms with Gasteiger partial charge in [-0.3, -0.25) is 9.69 Å². The van der Waals surface area contributed by atoms with Crippen LogP contribution >= 0.6 is 11.6 Å². The van der Waals surface area contributed by atoms with Crippen LogP contribution < -0.4 is 10.2 Å². The van der Waals surface area contributed by atoms with E-state index < -0.39 is 0 Å². The molecule has 21 heavy (non-hydrogen) atoms. The number of benzene rings is 1. The van der Waals surface area contributed by atoms with Crippen LogP contribution in [0, 0.1) is 0 Å². The van der Waals surface area contributed by atoms with Crippen molar-refractivity contribution < 1.29 is 4.79 Å². The van der Waals surface area contributed by atoms with Crippen LogP contribution in [0.3, 0.4) is 0 Å². The zero-order valence-electron chi connectivity index (χ0n) is 13.0. The molecule has 2 rings (SSSR count). The predicted molar refractivity (Wildman–Crippen MR) is 88.0 cm³/mol. The molecule has 0 atom stereocenters. The summed E-state index contributed by atoms with van der Waals surface area (Å²) in [7, 11) is 0. The molecular formula is C16H24ClN3O. The molecule has 1 N–H and O–H groups in total. The van der Waals surface area contributed by atoms with E-state index in [4.69, 9.17) is 11.6 Å². The van der Waals surface area contributed by atoms with Crippen molar-refractivity contribution in [3.63, 3.8) is 0 Å². The number of hydrogen-bond donors (Lipinski definition) is 1. The van der Waals surface area contributed by atoms with Crippen molar-refractivity contribution in [3.8, 4) is 0 Å². The Morgan fingerprint density at radius 1 is 1.19 bits per heavy atom. The summed E-state index contributed by atoms with van der Waals surface area (Å²) < 4.78 is 0. The van der Waals surface area contributed by atoms with Crippen molar-refractivity contribution in [2.24, 2.45) is 0 Å². The van der Waals surface area contributed by atoms with E-state index in [0.717, 1.165) is 36.9 Å². The zero-order chi connectivity index (χ0) is 15.5. The van der Waals surface area contributed by atoms with Crippen LogP contribution in [0.4, 0.5) is 5.69 Å². The zero-order valence-corrected chi connectivity index (χ0v) is 13.8. The Morgan fingerprint density at radius 3 is 2.38 bits per heavy atom. The van der Waals surface area contributed by atoms with Crippen LogP contribution in [0.25, 0.3) is 0 Å². The maximum absolute atomic E-state index is 11.9. The Morgan fingerprint density at radius 2 is 1.81 bits per heavy atom. The van der Waals surface area contributed by atoms with E-state index in [9.17, 15) is 4.79 Å². The van der Waals surface area contributed by atoms with Gasteiger partial charge in [0.05, 0.1) is 17.3 Å². The van der Waals surface area contributed by atoms with Crippen molar-refractivity contribution in [1.29, 1.82) is 0 Å². The van der Waals surface area contributed by atoms with E-state index in [1.54, 1.807) is 0 Å². The number of para-hydroxylation sites is 1. The second kappa shape index (κ2) is 6.67. The van der Waals surface area contributed by atoms with Crippen LogP contribution in [-0.2, 0) is 4.79 Å². The lowest BCUT2D eigenvalue weighted by molar-refractivity contribution is -0.123. The Labute approximate surface area is 132 Å². The minimum Gasteiger partial charge on any atom is -0.368 e. The second-order valence-electron chi connectivity index (χ2n) is 6.51. The number of piperazine rings is 1. The fourth-order valence-corrected chi connectivity index (χ4v) is 2.77. The van der Waals surface area contributed by atoms with E-state index in [1.807, 2.05) is 45.0 Å². The Bertz CT molecular complexity index is 491. The largest absolute Gasteiger partial charge is 0.368 e. The molecule has 0 aliphatic carbocycles. The fourth-order valence-electron chi connectivity index (χ4n) is 2.52. The van der Waals surface area contributed by atoms with Crippen LogP contribution in [0.2, 0.25) is 5.02 Å².